The molecule has 1 rings (SSSR count). The molecule has 0 N–H and O–H groups in total. The second-order valence-corrected chi connectivity index (χ2v) is 5.63. The van der Waals surface area contributed by atoms with Crippen molar-refractivity contribution in [2.45, 2.75) is 64.8 Å². The summed E-state index contributed by atoms with van der Waals surface area (Å²) in [6.07, 6.45) is 7.20. The van der Waals surface area contributed by atoms with E-state index in [0.717, 1.165) is 19.3 Å². The summed E-state index contributed by atoms with van der Waals surface area (Å²) in [5, 5.41) is 0. The van der Waals surface area contributed by atoms with E-state index in [2.05, 4.69) is 25.6 Å². The van der Waals surface area contributed by atoms with Gasteiger partial charge in [-0.2, -0.15) is 0 Å². The topological polar surface area (TPSA) is 4.36 Å². The van der Waals surface area contributed by atoms with E-state index < -0.39 is 0 Å². The Morgan fingerprint density at radius 1 is 1.15 bits per heavy atom. The maximum absolute atomic E-state index is 7.35. The molecule has 0 amide bonds. The van der Waals surface area contributed by atoms with E-state index in [1.54, 1.807) is 0 Å². The molecule has 0 aromatic heterocycles. The van der Waals surface area contributed by atoms with Crippen LogP contribution in [0.1, 0.15) is 59.3 Å². The lowest BCUT2D eigenvalue weighted by molar-refractivity contribution is 0.233. The summed E-state index contributed by atoms with van der Waals surface area (Å²) in [6, 6.07) is 0. The van der Waals surface area contributed by atoms with Crippen LogP contribution in [-0.4, -0.2) is 5.54 Å². The molecule has 0 aromatic rings. The minimum Gasteiger partial charge on any atom is -0.310 e. The first-order valence-electron chi connectivity index (χ1n) is 5.36. The minimum absolute atomic E-state index is 0.00347. The first kappa shape index (κ1) is 10.6. The summed E-state index contributed by atoms with van der Waals surface area (Å²) in [7, 11) is 0. The summed E-state index contributed by atoms with van der Waals surface area (Å²) in [5.74, 6) is 0. The second-order valence-electron chi connectivity index (χ2n) is 5.63. The lowest BCUT2D eigenvalue weighted by atomic mass is 9.72. The Bertz CT molecular complexity index is 198. The van der Waals surface area contributed by atoms with E-state index in [1.165, 1.54) is 19.3 Å². The standard InChI is InChI=1S/C12H21N/c1-11(2,3)10-12(13-4)8-6-5-7-9-12/h5-10H2,1-3H3. The highest BCUT2D eigenvalue weighted by atomic mass is 14.8. The number of hydrogen-bond donors (Lipinski definition) is 0. The van der Waals surface area contributed by atoms with Gasteiger partial charge in [-0.1, -0.05) is 27.2 Å². The lowest BCUT2D eigenvalue weighted by Crippen LogP contribution is -2.32. The lowest BCUT2D eigenvalue weighted by Gasteiger charge is -2.31. The van der Waals surface area contributed by atoms with Crippen LogP contribution in [0.2, 0.25) is 0 Å². The SMILES string of the molecule is [C-]#[N+]C1(CC(C)(C)C)CCCCC1. The molecule has 0 radical (unpaired) electrons. The van der Waals surface area contributed by atoms with Crippen molar-refractivity contribution < 1.29 is 0 Å². The molecular formula is C12H21N. The molecule has 0 atom stereocenters. The molecule has 13 heavy (non-hydrogen) atoms. The zero-order chi connectivity index (χ0) is 9.95. The van der Waals surface area contributed by atoms with Gasteiger partial charge >= 0.3 is 0 Å². The van der Waals surface area contributed by atoms with Gasteiger partial charge in [0.1, 0.15) is 0 Å². The number of rotatable bonds is 1. The molecule has 0 saturated heterocycles. The van der Waals surface area contributed by atoms with Crippen molar-refractivity contribution in [3.05, 3.63) is 11.4 Å². The van der Waals surface area contributed by atoms with Gasteiger partial charge in [0, 0.05) is 19.3 Å². The first-order valence-corrected chi connectivity index (χ1v) is 5.36. The van der Waals surface area contributed by atoms with Gasteiger partial charge in [-0.15, -0.1) is 0 Å². The van der Waals surface area contributed by atoms with E-state index in [9.17, 15) is 0 Å². The summed E-state index contributed by atoms with van der Waals surface area (Å²) >= 11 is 0. The highest BCUT2D eigenvalue weighted by Gasteiger charge is 2.41. The Morgan fingerprint density at radius 3 is 2.08 bits per heavy atom. The van der Waals surface area contributed by atoms with Crippen molar-refractivity contribution in [2.75, 3.05) is 0 Å². The minimum atomic E-state index is -0.00347. The van der Waals surface area contributed by atoms with Crippen molar-refractivity contribution in [1.29, 1.82) is 0 Å². The molecule has 1 nitrogen and oxygen atoms in total. The Kier molecular flexibility index (Phi) is 3.01. The van der Waals surface area contributed by atoms with E-state index in [1.807, 2.05) is 0 Å². The number of hydrogen-bond acceptors (Lipinski definition) is 0. The molecule has 0 heterocycles. The fourth-order valence-electron chi connectivity index (χ4n) is 2.53. The summed E-state index contributed by atoms with van der Waals surface area (Å²) in [5.41, 5.74) is 0.304. The van der Waals surface area contributed by atoms with Crippen LogP contribution in [0.3, 0.4) is 0 Å². The van der Waals surface area contributed by atoms with E-state index in [-0.39, 0.29) is 5.54 Å². The fourth-order valence-corrected chi connectivity index (χ4v) is 2.53. The summed E-state index contributed by atoms with van der Waals surface area (Å²) in [6.45, 7) is 14.1. The van der Waals surface area contributed by atoms with Crippen LogP contribution in [0, 0.1) is 12.0 Å². The molecule has 0 bridgehead atoms. The summed E-state index contributed by atoms with van der Waals surface area (Å²) < 4.78 is 0. The molecular weight excluding hydrogens is 158 g/mol. The Morgan fingerprint density at radius 2 is 1.69 bits per heavy atom. The Balaban J connectivity index is 2.65. The molecule has 1 fully saturated rings. The third kappa shape index (κ3) is 3.03. The monoisotopic (exact) mass is 179 g/mol. The largest absolute Gasteiger partial charge is 0.310 e. The third-order valence-corrected chi connectivity index (χ3v) is 2.88. The molecule has 0 spiro atoms. The van der Waals surface area contributed by atoms with Crippen molar-refractivity contribution in [3.8, 4) is 0 Å². The van der Waals surface area contributed by atoms with Gasteiger partial charge in [0.15, 0.2) is 0 Å². The second kappa shape index (κ2) is 3.70. The molecule has 74 valence electrons. The van der Waals surface area contributed by atoms with Gasteiger partial charge in [-0.25, -0.2) is 6.57 Å². The fraction of sp³-hybridized carbons (Fsp3) is 0.917. The van der Waals surface area contributed by atoms with Crippen LogP contribution < -0.4 is 0 Å². The molecule has 0 aromatic carbocycles. The van der Waals surface area contributed by atoms with Crippen LogP contribution in [0.25, 0.3) is 4.85 Å². The average Bonchev–Trinajstić information content (AvgIpc) is 2.03. The maximum atomic E-state index is 7.35. The van der Waals surface area contributed by atoms with E-state index in [4.69, 9.17) is 6.57 Å². The highest BCUT2D eigenvalue weighted by molar-refractivity contribution is 5.02. The van der Waals surface area contributed by atoms with Crippen LogP contribution in [0.15, 0.2) is 0 Å². The molecule has 1 saturated carbocycles. The van der Waals surface area contributed by atoms with Crippen LogP contribution in [-0.2, 0) is 0 Å². The zero-order valence-electron chi connectivity index (χ0n) is 9.19. The average molecular weight is 179 g/mol. The van der Waals surface area contributed by atoms with Crippen LogP contribution in [0.5, 0.6) is 0 Å². The molecule has 1 aliphatic carbocycles. The van der Waals surface area contributed by atoms with Crippen molar-refractivity contribution in [3.63, 3.8) is 0 Å². The van der Waals surface area contributed by atoms with Gasteiger partial charge in [-0.3, -0.25) is 0 Å². The van der Waals surface area contributed by atoms with Crippen molar-refractivity contribution in [2.24, 2.45) is 5.41 Å². The Labute approximate surface area is 82.4 Å². The molecule has 0 aliphatic heterocycles. The van der Waals surface area contributed by atoms with Crippen LogP contribution >= 0.6 is 0 Å². The van der Waals surface area contributed by atoms with Gasteiger partial charge in [-0.05, 0) is 18.3 Å². The highest BCUT2D eigenvalue weighted by Crippen LogP contribution is 2.40. The van der Waals surface area contributed by atoms with Crippen molar-refractivity contribution >= 4 is 0 Å². The summed E-state index contributed by atoms with van der Waals surface area (Å²) in [4.78, 5) is 3.91. The van der Waals surface area contributed by atoms with Crippen LogP contribution in [0.4, 0.5) is 0 Å². The van der Waals surface area contributed by atoms with Gasteiger partial charge in [0.2, 0.25) is 5.54 Å². The van der Waals surface area contributed by atoms with Crippen molar-refractivity contribution in [1.82, 2.24) is 0 Å². The normalized spacial score (nSPS) is 22.3. The van der Waals surface area contributed by atoms with Gasteiger partial charge < -0.3 is 4.85 Å². The quantitative estimate of drug-likeness (QED) is 0.535. The predicted octanol–water partition coefficient (Wildman–Crippen LogP) is 4.04. The smallest absolute Gasteiger partial charge is 0.233 e. The zero-order valence-corrected chi connectivity index (χ0v) is 9.19. The van der Waals surface area contributed by atoms with E-state index in [0.29, 0.717) is 5.41 Å². The first-order chi connectivity index (χ1) is 5.97. The van der Waals surface area contributed by atoms with Gasteiger partial charge in [0.25, 0.3) is 0 Å². The third-order valence-electron chi connectivity index (χ3n) is 2.88. The molecule has 1 aliphatic rings. The van der Waals surface area contributed by atoms with Gasteiger partial charge in [0.05, 0.1) is 0 Å². The molecule has 0 unspecified atom stereocenters. The molecule has 1 heteroatoms. The predicted molar refractivity (Wildman–Crippen MR) is 56.5 cm³/mol. The van der Waals surface area contributed by atoms with E-state index >= 15 is 0 Å². The maximum Gasteiger partial charge on any atom is 0.233 e. The Hall–Kier alpha value is -0.510. The number of nitrogens with zero attached hydrogens (tertiary/aromatic N) is 1.